The molecule has 0 aliphatic carbocycles. The van der Waals surface area contributed by atoms with Crippen LogP contribution in [0.2, 0.25) is 0 Å². The molecule has 0 bridgehead atoms. The van der Waals surface area contributed by atoms with Crippen LogP contribution in [0.15, 0.2) is 4.99 Å². The van der Waals surface area contributed by atoms with Crippen LogP contribution in [0.3, 0.4) is 0 Å². The van der Waals surface area contributed by atoms with E-state index in [2.05, 4.69) is 20.9 Å². The van der Waals surface area contributed by atoms with Crippen LogP contribution >= 0.6 is 0 Å². The van der Waals surface area contributed by atoms with Gasteiger partial charge in [0.05, 0.1) is 24.6 Å². The lowest BCUT2D eigenvalue weighted by Crippen LogP contribution is -2.61. The molecule has 11 N–H and O–H groups in total. The lowest BCUT2D eigenvalue weighted by Gasteiger charge is -2.30. The van der Waals surface area contributed by atoms with Crippen molar-refractivity contribution in [2.75, 3.05) is 13.1 Å². The number of nitrogens with two attached hydrogens (primary N) is 3. The zero-order valence-corrected chi connectivity index (χ0v) is 23.7. The number of aliphatic hydroxyl groups excluding tert-OH is 1. The number of aliphatic carboxylic acids is 1. The molecular formula is C25H44N8O8. The lowest BCUT2D eigenvalue weighted by molar-refractivity contribution is -0.141. The number of nitrogens with one attached hydrogen (secondary N) is 3. The van der Waals surface area contributed by atoms with E-state index in [4.69, 9.17) is 22.3 Å². The van der Waals surface area contributed by atoms with E-state index in [9.17, 15) is 33.9 Å². The Morgan fingerprint density at radius 3 is 2.20 bits per heavy atom. The minimum atomic E-state index is -1.52. The summed E-state index contributed by atoms with van der Waals surface area (Å²) < 4.78 is 0. The second-order valence-corrected chi connectivity index (χ2v) is 10.5. The molecule has 41 heavy (non-hydrogen) atoms. The highest BCUT2D eigenvalue weighted by Crippen LogP contribution is 2.18. The van der Waals surface area contributed by atoms with E-state index < -0.39 is 72.3 Å². The first-order chi connectivity index (χ1) is 19.2. The van der Waals surface area contributed by atoms with Crippen LogP contribution in [0.25, 0.3) is 0 Å². The van der Waals surface area contributed by atoms with Gasteiger partial charge >= 0.3 is 5.97 Å². The van der Waals surface area contributed by atoms with Gasteiger partial charge in [-0.05, 0) is 44.9 Å². The van der Waals surface area contributed by atoms with Gasteiger partial charge in [-0.2, -0.15) is 0 Å². The molecule has 0 aromatic heterocycles. The third kappa shape index (κ3) is 12.1. The van der Waals surface area contributed by atoms with E-state index >= 15 is 0 Å². The maximum atomic E-state index is 13.3. The topological polar surface area (TPSA) is 273 Å². The summed E-state index contributed by atoms with van der Waals surface area (Å²) in [5, 5.41) is 26.6. The van der Waals surface area contributed by atoms with Gasteiger partial charge in [0.15, 0.2) is 5.96 Å². The van der Waals surface area contributed by atoms with Crippen molar-refractivity contribution in [3.8, 4) is 0 Å². The largest absolute Gasteiger partial charge is 0.481 e. The van der Waals surface area contributed by atoms with Gasteiger partial charge in [0.25, 0.3) is 0 Å². The van der Waals surface area contributed by atoms with Crippen LogP contribution in [0.1, 0.15) is 59.3 Å². The van der Waals surface area contributed by atoms with Gasteiger partial charge in [-0.25, -0.2) is 0 Å². The van der Waals surface area contributed by atoms with Gasteiger partial charge < -0.3 is 53.1 Å². The molecule has 1 aliphatic rings. The molecule has 0 saturated carbocycles. The van der Waals surface area contributed by atoms with Crippen molar-refractivity contribution in [2.24, 2.45) is 28.1 Å². The Morgan fingerprint density at radius 2 is 1.66 bits per heavy atom. The third-order valence-corrected chi connectivity index (χ3v) is 6.43. The molecule has 1 fully saturated rings. The van der Waals surface area contributed by atoms with Crippen LogP contribution in [0, 0.1) is 5.92 Å². The summed E-state index contributed by atoms with van der Waals surface area (Å²) in [5.74, 6) is -4.57. The number of carboxylic acids is 1. The van der Waals surface area contributed by atoms with Crippen LogP contribution in [0.5, 0.6) is 0 Å². The van der Waals surface area contributed by atoms with Crippen molar-refractivity contribution in [2.45, 2.75) is 95.6 Å². The molecule has 0 aromatic carbocycles. The molecule has 232 valence electrons. The number of aldehydes is 1. The van der Waals surface area contributed by atoms with E-state index in [-0.39, 0.29) is 31.3 Å². The third-order valence-electron chi connectivity index (χ3n) is 6.43. The Kier molecular flexibility index (Phi) is 14.7. The molecule has 0 spiro atoms. The summed E-state index contributed by atoms with van der Waals surface area (Å²) in [6, 6.07) is -5.84. The number of hydrogen-bond donors (Lipinski definition) is 8. The zero-order valence-electron chi connectivity index (χ0n) is 23.7. The van der Waals surface area contributed by atoms with E-state index in [1.54, 1.807) is 13.8 Å². The van der Waals surface area contributed by atoms with Crippen molar-refractivity contribution < 1.29 is 39.0 Å². The fourth-order valence-corrected chi connectivity index (χ4v) is 4.35. The highest BCUT2D eigenvalue weighted by atomic mass is 16.4. The average Bonchev–Trinajstić information content (AvgIpc) is 3.35. The number of aliphatic imine (C=N–C) groups is 1. The van der Waals surface area contributed by atoms with Crippen molar-refractivity contribution in [3.05, 3.63) is 0 Å². The fourth-order valence-electron chi connectivity index (χ4n) is 4.35. The molecule has 0 aromatic rings. The second kappa shape index (κ2) is 17.1. The first-order valence-electron chi connectivity index (χ1n) is 13.6. The summed E-state index contributed by atoms with van der Waals surface area (Å²) in [6.45, 7) is 5.34. The van der Waals surface area contributed by atoms with E-state index in [0.717, 1.165) is 0 Å². The monoisotopic (exact) mass is 584 g/mol. The Labute approximate surface area is 238 Å². The number of aliphatic hydroxyl groups is 1. The smallest absolute Gasteiger partial charge is 0.305 e. The van der Waals surface area contributed by atoms with Crippen molar-refractivity contribution in [1.29, 1.82) is 0 Å². The summed E-state index contributed by atoms with van der Waals surface area (Å²) in [6.07, 6.45) is 0.269. The molecule has 0 unspecified atom stereocenters. The zero-order chi connectivity index (χ0) is 31.3. The summed E-state index contributed by atoms with van der Waals surface area (Å²) in [7, 11) is 0. The average molecular weight is 585 g/mol. The number of hydrogen-bond acceptors (Lipinski definition) is 9. The molecule has 1 saturated heterocycles. The number of carbonyl (C=O) groups is 6. The second-order valence-electron chi connectivity index (χ2n) is 10.5. The summed E-state index contributed by atoms with van der Waals surface area (Å²) in [5.41, 5.74) is 16.3. The van der Waals surface area contributed by atoms with Crippen LogP contribution in [0.4, 0.5) is 0 Å². The fraction of sp³-hybridized carbons (Fsp3) is 0.720. The molecule has 1 rings (SSSR count). The Morgan fingerprint density at radius 1 is 1.02 bits per heavy atom. The van der Waals surface area contributed by atoms with Crippen LogP contribution in [-0.4, -0.2) is 106 Å². The van der Waals surface area contributed by atoms with E-state index in [0.29, 0.717) is 32.1 Å². The molecular weight excluding hydrogens is 540 g/mol. The minimum absolute atomic E-state index is 0.0981. The molecule has 1 heterocycles. The number of amides is 4. The van der Waals surface area contributed by atoms with Gasteiger partial charge in [0, 0.05) is 13.1 Å². The van der Waals surface area contributed by atoms with Gasteiger partial charge in [0.1, 0.15) is 24.4 Å². The standard InChI is InChI=1S/C25H44N8O8/c1-13(2)10-18(31-21(38)16(26)11-19(36)37)22(39)32-20(14(3)35)23(40)30-17(7-4-8-29-25(27)28)24(41)33-9-5-6-15(33)12-34/h12-18,20,35H,4-11,26H2,1-3H3,(H,30,40)(H,31,38)(H,32,39)(H,36,37)(H4,27,28,29)/t14-,15+,16+,17+,18+,20+/m1/s1. The Bertz CT molecular complexity index is 969. The van der Waals surface area contributed by atoms with Gasteiger partial charge in [-0.3, -0.25) is 29.0 Å². The predicted octanol–water partition coefficient (Wildman–Crippen LogP) is -3.09. The first kappa shape index (κ1) is 35.2. The number of likely N-dealkylation sites (tertiary alicyclic amines) is 1. The quantitative estimate of drug-likeness (QED) is 0.0367. The maximum Gasteiger partial charge on any atom is 0.305 e. The number of nitrogens with zero attached hydrogens (tertiary/aromatic N) is 2. The molecule has 16 nitrogen and oxygen atoms in total. The Balaban J connectivity index is 3.09. The number of rotatable bonds is 17. The highest BCUT2D eigenvalue weighted by Gasteiger charge is 2.36. The number of carbonyl (C=O) groups excluding carboxylic acids is 5. The van der Waals surface area contributed by atoms with Crippen LogP contribution < -0.4 is 33.2 Å². The summed E-state index contributed by atoms with van der Waals surface area (Å²) >= 11 is 0. The van der Waals surface area contributed by atoms with Gasteiger partial charge in [0.2, 0.25) is 23.6 Å². The molecule has 4 amide bonds. The normalized spacial score (nSPS) is 18.4. The Hall–Kier alpha value is -3.79. The van der Waals surface area contributed by atoms with E-state index in [1.165, 1.54) is 11.8 Å². The van der Waals surface area contributed by atoms with Crippen LogP contribution in [-0.2, 0) is 28.8 Å². The minimum Gasteiger partial charge on any atom is -0.481 e. The number of carboxylic acid groups (broad SMARTS) is 1. The van der Waals surface area contributed by atoms with Crippen molar-refractivity contribution >= 4 is 41.8 Å². The predicted molar refractivity (Wildman–Crippen MR) is 148 cm³/mol. The lowest BCUT2D eigenvalue weighted by atomic mass is 10.0. The van der Waals surface area contributed by atoms with Gasteiger partial charge in [-0.15, -0.1) is 0 Å². The molecule has 16 heteroatoms. The molecule has 1 aliphatic heterocycles. The molecule has 0 radical (unpaired) electrons. The van der Waals surface area contributed by atoms with E-state index in [1.807, 2.05) is 0 Å². The first-order valence-corrected chi connectivity index (χ1v) is 13.6. The SMILES string of the molecule is CC(C)C[C@H](NC(=O)[C@@H](N)CC(=O)O)C(=O)N[C@H](C(=O)N[C@@H](CCCN=C(N)N)C(=O)N1CCC[C@H]1C=O)[C@@H](C)O. The highest BCUT2D eigenvalue weighted by molar-refractivity contribution is 5.96. The number of guanidine groups is 1. The van der Waals surface area contributed by atoms with Crippen molar-refractivity contribution in [3.63, 3.8) is 0 Å². The maximum absolute atomic E-state index is 13.3. The van der Waals surface area contributed by atoms with Gasteiger partial charge in [-0.1, -0.05) is 13.8 Å². The molecule has 6 atom stereocenters. The summed E-state index contributed by atoms with van der Waals surface area (Å²) in [4.78, 5) is 79.7. The van der Waals surface area contributed by atoms with Crippen molar-refractivity contribution in [1.82, 2.24) is 20.9 Å².